The van der Waals surface area contributed by atoms with Gasteiger partial charge in [0.2, 0.25) is 0 Å². The highest BCUT2D eigenvalue weighted by atomic mass is 32.2. The zero-order valence-corrected chi connectivity index (χ0v) is 13.2. The molecule has 4 nitrogen and oxygen atoms in total. The van der Waals surface area contributed by atoms with Crippen LogP contribution in [0.25, 0.3) is 0 Å². The molecular formula is C15H24O4S. The lowest BCUT2D eigenvalue weighted by molar-refractivity contribution is 0.0798. The third-order valence-electron chi connectivity index (χ3n) is 3.55. The summed E-state index contributed by atoms with van der Waals surface area (Å²) in [5.41, 5.74) is 0.994. The molecular weight excluding hydrogens is 276 g/mol. The summed E-state index contributed by atoms with van der Waals surface area (Å²) in [6, 6.07) is 6.52. The molecule has 0 aliphatic rings. The molecule has 0 aliphatic carbocycles. The zero-order valence-electron chi connectivity index (χ0n) is 12.4. The lowest BCUT2D eigenvalue weighted by atomic mass is 9.95. The third kappa shape index (κ3) is 4.89. The summed E-state index contributed by atoms with van der Waals surface area (Å²) in [4.78, 5) is 0.153. The highest BCUT2D eigenvalue weighted by molar-refractivity contribution is 7.86. The van der Waals surface area contributed by atoms with Crippen molar-refractivity contribution in [2.45, 2.75) is 51.0 Å². The lowest BCUT2D eigenvalue weighted by Gasteiger charge is -2.19. The summed E-state index contributed by atoms with van der Waals surface area (Å²) in [6.07, 6.45) is 1.57. The molecule has 0 saturated carbocycles. The Bertz CT molecular complexity index is 489. The molecule has 0 unspecified atom stereocenters. The number of hydrogen-bond donors (Lipinski definition) is 1. The highest BCUT2D eigenvalue weighted by Gasteiger charge is 2.18. The van der Waals surface area contributed by atoms with Crippen molar-refractivity contribution >= 4 is 10.1 Å². The molecule has 0 fully saturated rings. The van der Waals surface area contributed by atoms with Crippen LogP contribution in [0.15, 0.2) is 29.2 Å². The number of aliphatic hydroxyl groups excluding tert-OH is 1. The first kappa shape index (κ1) is 17.1. The third-order valence-corrected chi connectivity index (χ3v) is 4.88. The summed E-state index contributed by atoms with van der Waals surface area (Å²) in [5, 5.41) is 9.94. The van der Waals surface area contributed by atoms with Gasteiger partial charge in [-0.25, -0.2) is 0 Å². The van der Waals surface area contributed by atoms with Gasteiger partial charge >= 0.3 is 0 Å². The first-order chi connectivity index (χ1) is 9.40. The van der Waals surface area contributed by atoms with Crippen LogP contribution in [0.5, 0.6) is 0 Å². The van der Waals surface area contributed by atoms with Gasteiger partial charge in [-0.15, -0.1) is 0 Å². The second-order valence-electron chi connectivity index (χ2n) is 5.02. The summed E-state index contributed by atoms with van der Waals surface area (Å²) < 4.78 is 28.8. The maximum absolute atomic E-state index is 11.9. The number of aliphatic hydroxyl groups is 1. The van der Waals surface area contributed by atoms with E-state index >= 15 is 0 Å². The molecule has 1 aromatic carbocycles. The van der Waals surface area contributed by atoms with Crippen molar-refractivity contribution in [2.75, 3.05) is 6.61 Å². The fourth-order valence-electron chi connectivity index (χ4n) is 2.12. The van der Waals surface area contributed by atoms with Gasteiger partial charge in [0.1, 0.15) is 0 Å². The van der Waals surface area contributed by atoms with Crippen molar-refractivity contribution in [3.63, 3.8) is 0 Å². The molecule has 0 amide bonds. The van der Waals surface area contributed by atoms with Crippen molar-refractivity contribution in [1.29, 1.82) is 0 Å². The van der Waals surface area contributed by atoms with E-state index in [1.807, 2.05) is 20.8 Å². The SMILES string of the molecule is CCC(CC)[C@@H](O)CCOS(=O)(=O)c1ccc(C)cc1. The van der Waals surface area contributed by atoms with Crippen LogP contribution in [0.1, 0.15) is 38.7 Å². The van der Waals surface area contributed by atoms with E-state index in [0.29, 0.717) is 6.42 Å². The van der Waals surface area contributed by atoms with Crippen LogP contribution < -0.4 is 0 Å². The number of rotatable bonds is 8. The van der Waals surface area contributed by atoms with Gasteiger partial charge in [0.15, 0.2) is 0 Å². The van der Waals surface area contributed by atoms with Gasteiger partial charge in [-0.3, -0.25) is 4.18 Å². The number of hydrogen-bond acceptors (Lipinski definition) is 4. The Labute approximate surface area is 121 Å². The van der Waals surface area contributed by atoms with Crippen molar-refractivity contribution < 1.29 is 17.7 Å². The van der Waals surface area contributed by atoms with Gasteiger partial charge in [0.05, 0.1) is 17.6 Å². The molecule has 5 heteroatoms. The molecule has 114 valence electrons. The molecule has 1 N–H and O–H groups in total. The number of aryl methyl sites for hydroxylation is 1. The maximum atomic E-state index is 11.9. The van der Waals surface area contributed by atoms with Crippen LogP contribution >= 0.6 is 0 Å². The molecule has 0 heterocycles. The van der Waals surface area contributed by atoms with E-state index in [-0.39, 0.29) is 17.4 Å². The molecule has 1 rings (SSSR count). The average Bonchev–Trinajstić information content (AvgIpc) is 2.40. The first-order valence-corrected chi connectivity index (χ1v) is 8.45. The number of benzene rings is 1. The summed E-state index contributed by atoms with van der Waals surface area (Å²) >= 11 is 0. The maximum Gasteiger partial charge on any atom is 0.296 e. The highest BCUT2D eigenvalue weighted by Crippen LogP contribution is 2.18. The van der Waals surface area contributed by atoms with E-state index in [2.05, 4.69) is 0 Å². The normalized spacial score (nSPS) is 13.7. The van der Waals surface area contributed by atoms with Crippen LogP contribution in [0.4, 0.5) is 0 Å². The molecule has 0 bridgehead atoms. The van der Waals surface area contributed by atoms with Crippen LogP contribution in [0.2, 0.25) is 0 Å². The van der Waals surface area contributed by atoms with E-state index in [9.17, 15) is 13.5 Å². The van der Waals surface area contributed by atoms with E-state index < -0.39 is 16.2 Å². The Balaban J connectivity index is 2.54. The Morgan fingerprint density at radius 3 is 2.20 bits per heavy atom. The van der Waals surface area contributed by atoms with Crippen LogP contribution in [-0.2, 0) is 14.3 Å². The largest absolute Gasteiger partial charge is 0.393 e. The minimum atomic E-state index is -3.72. The Morgan fingerprint density at radius 1 is 1.15 bits per heavy atom. The van der Waals surface area contributed by atoms with Crippen molar-refractivity contribution in [2.24, 2.45) is 5.92 Å². The topological polar surface area (TPSA) is 63.6 Å². The van der Waals surface area contributed by atoms with E-state index in [4.69, 9.17) is 4.18 Å². The van der Waals surface area contributed by atoms with Gasteiger partial charge in [-0.1, -0.05) is 44.4 Å². The van der Waals surface area contributed by atoms with Crippen LogP contribution in [-0.4, -0.2) is 26.2 Å². The summed E-state index contributed by atoms with van der Waals surface area (Å²) in [6.45, 7) is 5.93. The smallest absolute Gasteiger partial charge is 0.296 e. The fraction of sp³-hybridized carbons (Fsp3) is 0.600. The zero-order chi connectivity index (χ0) is 15.2. The van der Waals surface area contributed by atoms with Gasteiger partial charge in [-0.2, -0.15) is 8.42 Å². The molecule has 0 aliphatic heterocycles. The minimum absolute atomic E-state index is 0.00781. The molecule has 0 spiro atoms. The predicted molar refractivity (Wildman–Crippen MR) is 79.0 cm³/mol. The standard InChI is InChI=1S/C15H24O4S/c1-4-13(5-2)15(16)10-11-19-20(17,18)14-8-6-12(3)7-9-14/h6-9,13,15-16H,4-5,10-11H2,1-3H3/t15-/m0/s1. The molecule has 1 aromatic rings. The average molecular weight is 300 g/mol. The Kier molecular flexibility index (Phi) is 6.65. The second-order valence-corrected chi connectivity index (χ2v) is 6.64. The fourth-order valence-corrected chi connectivity index (χ4v) is 3.04. The lowest BCUT2D eigenvalue weighted by Crippen LogP contribution is -2.22. The van der Waals surface area contributed by atoms with Crippen molar-refractivity contribution in [3.8, 4) is 0 Å². The molecule has 0 aromatic heterocycles. The molecule has 0 radical (unpaired) electrons. The predicted octanol–water partition coefficient (Wildman–Crippen LogP) is 2.89. The molecule has 20 heavy (non-hydrogen) atoms. The van der Waals surface area contributed by atoms with Crippen LogP contribution in [0.3, 0.4) is 0 Å². The summed E-state index contributed by atoms with van der Waals surface area (Å²) in [7, 11) is -3.72. The van der Waals surface area contributed by atoms with Gasteiger partial charge < -0.3 is 5.11 Å². The van der Waals surface area contributed by atoms with E-state index in [1.165, 1.54) is 12.1 Å². The quantitative estimate of drug-likeness (QED) is 0.750. The van der Waals surface area contributed by atoms with E-state index in [1.54, 1.807) is 12.1 Å². The van der Waals surface area contributed by atoms with E-state index in [0.717, 1.165) is 18.4 Å². The first-order valence-electron chi connectivity index (χ1n) is 7.04. The molecule has 0 saturated heterocycles. The van der Waals surface area contributed by atoms with Crippen molar-refractivity contribution in [3.05, 3.63) is 29.8 Å². The van der Waals surface area contributed by atoms with Gasteiger partial charge in [0, 0.05) is 0 Å². The molecule has 1 atom stereocenters. The van der Waals surface area contributed by atoms with Crippen molar-refractivity contribution in [1.82, 2.24) is 0 Å². The van der Waals surface area contributed by atoms with Gasteiger partial charge in [0.25, 0.3) is 10.1 Å². The Morgan fingerprint density at radius 2 is 1.70 bits per heavy atom. The van der Waals surface area contributed by atoms with Crippen LogP contribution in [0, 0.1) is 12.8 Å². The monoisotopic (exact) mass is 300 g/mol. The second kappa shape index (κ2) is 7.76. The summed E-state index contributed by atoms with van der Waals surface area (Å²) in [5.74, 6) is 0.195. The Hall–Kier alpha value is -0.910. The minimum Gasteiger partial charge on any atom is -0.393 e. The van der Waals surface area contributed by atoms with Gasteiger partial charge in [-0.05, 0) is 31.4 Å².